The molecular weight excluding hydrogens is 328 g/mol. The maximum atomic E-state index is 12.1. The highest BCUT2D eigenvalue weighted by atomic mass is 35.5. The summed E-state index contributed by atoms with van der Waals surface area (Å²) < 4.78 is 0. The number of nitrogens with zero attached hydrogens (tertiary/aromatic N) is 1. The van der Waals surface area contributed by atoms with Crippen LogP contribution in [-0.2, 0) is 4.79 Å². The molecule has 1 N–H and O–H groups in total. The fourth-order valence-corrected chi connectivity index (χ4v) is 4.97. The van der Waals surface area contributed by atoms with Crippen LogP contribution in [0.1, 0.15) is 32.1 Å². The van der Waals surface area contributed by atoms with Crippen molar-refractivity contribution in [3.8, 4) is 0 Å². The zero-order valence-electron chi connectivity index (χ0n) is 13.5. The Kier molecular flexibility index (Phi) is 6.26. The third-order valence-corrected chi connectivity index (χ3v) is 6.47. The summed E-state index contributed by atoms with van der Waals surface area (Å²) in [4.78, 5) is 14.8. The summed E-state index contributed by atoms with van der Waals surface area (Å²) in [5, 5.41) is 3.52. The molecule has 0 saturated carbocycles. The molecule has 2 heterocycles. The molecule has 1 aromatic carbocycles. The monoisotopic (exact) mass is 352 g/mol. The van der Waals surface area contributed by atoms with Gasteiger partial charge in [0.25, 0.3) is 0 Å². The first kappa shape index (κ1) is 17.1. The van der Waals surface area contributed by atoms with Crippen molar-refractivity contribution in [3.05, 3.63) is 29.3 Å². The summed E-state index contributed by atoms with van der Waals surface area (Å²) in [5.41, 5.74) is 0.715. The van der Waals surface area contributed by atoms with Gasteiger partial charge in [-0.05, 0) is 62.6 Å². The second-order valence-corrected chi connectivity index (χ2v) is 8.12. The highest BCUT2D eigenvalue weighted by Gasteiger charge is 2.27. The highest BCUT2D eigenvalue weighted by Crippen LogP contribution is 2.29. The number of halogens is 1. The molecule has 1 unspecified atom stereocenters. The topological polar surface area (TPSA) is 32.3 Å². The zero-order valence-corrected chi connectivity index (χ0v) is 15.0. The van der Waals surface area contributed by atoms with Gasteiger partial charge in [0.15, 0.2) is 0 Å². The number of likely N-dealkylation sites (tertiary alicyclic amines) is 1. The van der Waals surface area contributed by atoms with Gasteiger partial charge in [-0.25, -0.2) is 0 Å². The van der Waals surface area contributed by atoms with Crippen LogP contribution < -0.4 is 5.32 Å². The van der Waals surface area contributed by atoms with E-state index < -0.39 is 0 Å². The molecule has 5 heteroatoms. The minimum absolute atomic E-state index is 0.0766. The van der Waals surface area contributed by atoms with Gasteiger partial charge in [0.05, 0.1) is 10.7 Å². The lowest BCUT2D eigenvalue weighted by molar-refractivity contribution is -0.116. The number of amides is 1. The maximum Gasteiger partial charge on any atom is 0.224 e. The molecule has 1 amide bonds. The largest absolute Gasteiger partial charge is 0.325 e. The molecule has 2 saturated heterocycles. The van der Waals surface area contributed by atoms with Gasteiger partial charge in [0, 0.05) is 18.2 Å². The molecule has 126 valence electrons. The number of rotatable bonds is 5. The molecule has 1 aromatic rings. The standard InChI is InChI=1S/C18H25ClN2OS/c19-16-3-1-2-4-17(16)20-18(22)6-5-14-7-10-21(11-8-14)15-9-12-23-13-15/h1-4,14-15H,5-13H2,(H,20,22). The van der Waals surface area contributed by atoms with E-state index in [1.54, 1.807) is 6.07 Å². The van der Waals surface area contributed by atoms with Crippen molar-refractivity contribution in [2.45, 2.75) is 38.1 Å². The molecule has 3 rings (SSSR count). The Morgan fingerprint density at radius 3 is 2.74 bits per heavy atom. The molecule has 23 heavy (non-hydrogen) atoms. The minimum Gasteiger partial charge on any atom is -0.325 e. The Labute approximate surface area is 148 Å². The van der Waals surface area contributed by atoms with E-state index in [4.69, 9.17) is 11.6 Å². The number of piperidine rings is 1. The van der Waals surface area contributed by atoms with Crippen LogP contribution in [0, 0.1) is 5.92 Å². The van der Waals surface area contributed by atoms with Crippen molar-refractivity contribution in [3.63, 3.8) is 0 Å². The Balaban J connectivity index is 1.38. The van der Waals surface area contributed by atoms with Gasteiger partial charge in [-0.1, -0.05) is 23.7 Å². The van der Waals surface area contributed by atoms with Gasteiger partial charge >= 0.3 is 0 Å². The fourth-order valence-electron chi connectivity index (χ4n) is 3.53. The zero-order chi connectivity index (χ0) is 16.1. The molecule has 2 fully saturated rings. The first-order chi connectivity index (χ1) is 11.2. The number of thioether (sulfide) groups is 1. The molecule has 0 spiro atoms. The number of carbonyl (C=O) groups excluding carboxylic acids is 1. The second-order valence-electron chi connectivity index (χ2n) is 6.56. The number of hydrogen-bond donors (Lipinski definition) is 1. The van der Waals surface area contributed by atoms with Gasteiger partial charge in [-0.3, -0.25) is 9.69 Å². The molecule has 1 atom stereocenters. The number of carbonyl (C=O) groups is 1. The Morgan fingerprint density at radius 1 is 1.26 bits per heavy atom. The highest BCUT2D eigenvalue weighted by molar-refractivity contribution is 7.99. The van der Waals surface area contributed by atoms with Gasteiger partial charge in [-0.15, -0.1) is 0 Å². The van der Waals surface area contributed by atoms with E-state index in [9.17, 15) is 4.79 Å². The molecule has 3 nitrogen and oxygen atoms in total. The summed E-state index contributed by atoms with van der Waals surface area (Å²) in [7, 11) is 0. The summed E-state index contributed by atoms with van der Waals surface area (Å²) in [6, 6.07) is 8.21. The minimum atomic E-state index is 0.0766. The van der Waals surface area contributed by atoms with Crippen molar-refractivity contribution < 1.29 is 4.79 Å². The predicted octanol–water partition coefficient (Wildman–Crippen LogP) is 4.28. The lowest BCUT2D eigenvalue weighted by atomic mass is 9.91. The van der Waals surface area contributed by atoms with Crippen molar-refractivity contribution in [1.29, 1.82) is 0 Å². The summed E-state index contributed by atoms with van der Waals surface area (Å²) >= 11 is 8.16. The van der Waals surface area contributed by atoms with E-state index in [2.05, 4.69) is 22.0 Å². The molecular formula is C18H25ClN2OS. The average molecular weight is 353 g/mol. The van der Waals surface area contributed by atoms with Crippen LogP contribution in [-0.4, -0.2) is 41.4 Å². The molecule has 0 aliphatic carbocycles. The van der Waals surface area contributed by atoms with Crippen LogP contribution in [0.5, 0.6) is 0 Å². The van der Waals surface area contributed by atoms with Gasteiger partial charge < -0.3 is 5.32 Å². The van der Waals surface area contributed by atoms with E-state index in [0.717, 1.165) is 12.5 Å². The van der Waals surface area contributed by atoms with Gasteiger partial charge in [0.1, 0.15) is 0 Å². The molecule has 0 bridgehead atoms. The Morgan fingerprint density at radius 2 is 2.04 bits per heavy atom. The van der Waals surface area contributed by atoms with E-state index in [0.29, 0.717) is 23.0 Å². The first-order valence-electron chi connectivity index (χ1n) is 8.58. The number of para-hydroxylation sites is 1. The predicted molar refractivity (Wildman–Crippen MR) is 99.3 cm³/mol. The summed E-state index contributed by atoms with van der Waals surface area (Å²) in [6.07, 6.45) is 5.41. The van der Waals surface area contributed by atoms with Crippen molar-refractivity contribution in [1.82, 2.24) is 4.90 Å². The van der Waals surface area contributed by atoms with E-state index >= 15 is 0 Å². The van der Waals surface area contributed by atoms with Crippen LogP contribution in [0.2, 0.25) is 5.02 Å². The van der Waals surface area contributed by atoms with Crippen molar-refractivity contribution in [2.24, 2.45) is 5.92 Å². The van der Waals surface area contributed by atoms with Crippen LogP contribution in [0.3, 0.4) is 0 Å². The molecule has 0 aromatic heterocycles. The van der Waals surface area contributed by atoms with Gasteiger partial charge in [-0.2, -0.15) is 11.8 Å². The lowest BCUT2D eigenvalue weighted by Crippen LogP contribution is -2.41. The normalized spacial score (nSPS) is 23.1. The Bertz CT molecular complexity index is 526. The molecule has 2 aliphatic rings. The van der Waals surface area contributed by atoms with Crippen molar-refractivity contribution >= 4 is 35.0 Å². The quantitative estimate of drug-likeness (QED) is 0.858. The smallest absolute Gasteiger partial charge is 0.224 e. The third-order valence-electron chi connectivity index (χ3n) is 5.00. The average Bonchev–Trinajstić information content (AvgIpc) is 3.10. The Hall–Kier alpha value is -0.710. The number of nitrogens with one attached hydrogen (secondary N) is 1. The summed E-state index contributed by atoms with van der Waals surface area (Å²) in [5.74, 6) is 3.41. The van der Waals surface area contributed by atoms with Crippen LogP contribution in [0.25, 0.3) is 0 Å². The number of hydrogen-bond acceptors (Lipinski definition) is 3. The lowest BCUT2D eigenvalue weighted by Gasteiger charge is -2.35. The van der Waals surface area contributed by atoms with E-state index in [1.807, 2.05) is 18.2 Å². The number of benzene rings is 1. The van der Waals surface area contributed by atoms with Gasteiger partial charge in [0.2, 0.25) is 5.91 Å². The van der Waals surface area contributed by atoms with Crippen LogP contribution in [0.4, 0.5) is 5.69 Å². The summed E-state index contributed by atoms with van der Waals surface area (Å²) in [6.45, 7) is 2.42. The molecule has 0 radical (unpaired) electrons. The molecule has 2 aliphatic heterocycles. The fraction of sp³-hybridized carbons (Fsp3) is 0.611. The maximum absolute atomic E-state index is 12.1. The van der Waals surface area contributed by atoms with E-state index in [-0.39, 0.29) is 5.91 Å². The van der Waals surface area contributed by atoms with Crippen LogP contribution >= 0.6 is 23.4 Å². The third kappa shape index (κ3) is 4.88. The second kappa shape index (κ2) is 8.41. The van der Waals surface area contributed by atoms with Crippen LogP contribution in [0.15, 0.2) is 24.3 Å². The number of anilines is 1. The SMILES string of the molecule is O=C(CCC1CCN(C2CCSC2)CC1)Nc1ccccc1Cl. The van der Waals surface area contributed by atoms with Crippen molar-refractivity contribution in [2.75, 3.05) is 29.9 Å². The van der Waals surface area contributed by atoms with E-state index in [1.165, 1.54) is 43.9 Å². The first-order valence-corrected chi connectivity index (χ1v) is 10.1.